The molecule has 0 spiro atoms. The third-order valence-electron chi connectivity index (χ3n) is 1.33. The van der Waals surface area contributed by atoms with Crippen LogP contribution in [-0.2, 0) is 4.79 Å². The first-order chi connectivity index (χ1) is 4.81. The number of hydrogen-bond donors (Lipinski definition) is 0. The maximum Gasteiger partial charge on any atom is 0.132 e. The largest absolute Gasteiger partial charge is 0.300 e. The summed E-state index contributed by atoms with van der Waals surface area (Å²) in [7, 11) is 0. The molecule has 0 aliphatic rings. The summed E-state index contributed by atoms with van der Waals surface area (Å²) in [5.41, 5.74) is 0. The van der Waals surface area contributed by atoms with Crippen LogP contribution in [0, 0.1) is 0 Å². The highest BCUT2D eigenvalue weighted by Crippen LogP contribution is 2.02. The van der Waals surface area contributed by atoms with Crippen molar-refractivity contribution in [3.8, 4) is 0 Å². The maximum absolute atomic E-state index is 10.9. The van der Waals surface area contributed by atoms with Crippen LogP contribution < -0.4 is 0 Å². The van der Waals surface area contributed by atoms with E-state index in [0.29, 0.717) is 5.78 Å². The third kappa shape index (κ3) is 6.14. The smallest absolute Gasteiger partial charge is 0.132 e. The molecular weight excluding hydrogens is 144 g/mol. The summed E-state index contributed by atoms with van der Waals surface area (Å²) >= 11 is 1.81. The molecule has 0 radical (unpaired) electrons. The average Bonchev–Trinajstić information content (AvgIpc) is 1.89. The van der Waals surface area contributed by atoms with E-state index in [1.54, 1.807) is 0 Å². The standard InChI is InChI=1S/C8H16OS/c1-3-5-8(9)6-4-7-10-2/h3-7H2,1-2H3. The van der Waals surface area contributed by atoms with Crippen molar-refractivity contribution < 1.29 is 4.79 Å². The summed E-state index contributed by atoms with van der Waals surface area (Å²) in [6.45, 7) is 2.05. The highest BCUT2D eigenvalue weighted by Gasteiger charge is 1.97. The Morgan fingerprint density at radius 1 is 1.40 bits per heavy atom. The Morgan fingerprint density at radius 3 is 2.60 bits per heavy atom. The van der Waals surface area contributed by atoms with Gasteiger partial charge in [0.1, 0.15) is 5.78 Å². The monoisotopic (exact) mass is 160 g/mol. The van der Waals surface area contributed by atoms with E-state index in [0.717, 1.165) is 31.4 Å². The lowest BCUT2D eigenvalue weighted by Gasteiger charge is -1.96. The molecule has 0 aromatic carbocycles. The first-order valence-corrected chi connectivity index (χ1v) is 5.21. The lowest BCUT2D eigenvalue weighted by Crippen LogP contribution is -1.96. The second-order valence-corrected chi connectivity index (χ2v) is 3.37. The van der Waals surface area contributed by atoms with Gasteiger partial charge in [0.25, 0.3) is 0 Å². The molecule has 0 saturated heterocycles. The van der Waals surface area contributed by atoms with Crippen molar-refractivity contribution in [3.63, 3.8) is 0 Å². The molecule has 0 aliphatic heterocycles. The van der Waals surface area contributed by atoms with Crippen LogP contribution in [0.5, 0.6) is 0 Å². The zero-order valence-corrected chi connectivity index (χ0v) is 7.67. The fraction of sp³-hybridized carbons (Fsp3) is 0.875. The molecule has 0 heterocycles. The Morgan fingerprint density at radius 2 is 2.10 bits per heavy atom. The minimum atomic E-state index is 0.427. The Hall–Kier alpha value is 0.0200. The molecule has 0 unspecified atom stereocenters. The molecule has 0 aliphatic carbocycles. The molecule has 0 rings (SSSR count). The third-order valence-corrected chi connectivity index (χ3v) is 2.03. The summed E-state index contributed by atoms with van der Waals surface area (Å²) < 4.78 is 0. The highest BCUT2D eigenvalue weighted by atomic mass is 32.2. The second kappa shape index (κ2) is 7.13. The summed E-state index contributed by atoms with van der Waals surface area (Å²) in [6, 6.07) is 0. The minimum Gasteiger partial charge on any atom is -0.300 e. The molecule has 1 nitrogen and oxygen atoms in total. The SMILES string of the molecule is CCCC(=O)CCCSC. The van der Waals surface area contributed by atoms with E-state index in [1.807, 2.05) is 18.7 Å². The van der Waals surface area contributed by atoms with Crippen molar-refractivity contribution in [3.05, 3.63) is 0 Å². The number of carbonyl (C=O) groups is 1. The summed E-state index contributed by atoms with van der Waals surface area (Å²) in [5, 5.41) is 0. The Bertz CT molecular complexity index is 91.3. The highest BCUT2D eigenvalue weighted by molar-refractivity contribution is 7.98. The molecule has 2 heteroatoms. The molecule has 0 N–H and O–H groups in total. The van der Waals surface area contributed by atoms with Gasteiger partial charge in [-0.3, -0.25) is 4.79 Å². The molecule has 0 aromatic rings. The van der Waals surface area contributed by atoms with Gasteiger partial charge in [-0.2, -0.15) is 11.8 Å². The van der Waals surface area contributed by atoms with Crippen LogP contribution in [0.3, 0.4) is 0 Å². The quantitative estimate of drug-likeness (QED) is 0.555. The van der Waals surface area contributed by atoms with Gasteiger partial charge < -0.3 is 0 Å². The van der Waals surface area contributed by atoms with Gasteiger partial charge in [-0.1, -0.05) is 6.92 Å². The van der Waals surface area contributed by atoms with E-state index in [1.165, 1.54) is 0 Å². The topological polar surface area (TPSA) is 17.1 Å². The van der Waals surface area contributed by atoms with E-state index in [9.17, 15) is 4.79 Å². The van der Waals surface area contributed by atoms with Gasteiger partial charge in [-0.25, -0.2) is 0 Å². The number of carbonyl (C=O) groups excluding carboxylic acids is 1. The minimum absolute atomic E-state index is 0.427. The number of hydrogen-bond acceptors (Lipinski definition) is 2. The van der Waals surface area contributed by atoms with Crippen LogP contribution in [0.2, 0.25) is 0 Å². The van der Waals surface area contributed by atoms with E-state index in [4.69, 9.17) is 0 Å². The van der Waals surface area contributed by atoms with Gasteiger partial charge in [0.2, 0.25) is 0 Å². The summed E-state index contributed by atoms with van der Waals surface area (Å²) in [4.78, 5) is 10.9. The molecule has 0 aromatic heterocycles. The summed E-state index contributed by atoms with van der Waals surface area (Å²) in [6.07, 6.45) is 5.69. The molecular formula is C8H16OS. The van der Waals surface area contributed by atoms with Crippen molar-refractivity contribution in [2.75, 3.05) is 12.0 Å². The molecule has 0 amide bonds. The fourth-order valence-electron chi connectivity index (χ4n) is 0.818. The van der Waals surface area contributed by atoms with Crippen molar-refractivity contribution in [1.82, 2.24) is 0 Å². The second-order valence-electron chi connectivity index (χ2n) is 2.39. The van der Waals surface area contributed by atoms with E-state index in [2.05, 4.69) is 6.26 Å². The Labute approximate surface area is 67.6 Å². The van der Waals surface area contributed by atoms with Gasteiger partial charge >= 0.3 is 0 Å². The number of rotatable bonds is 6. The molecule has 10 heavy (non-hydrogen) atoms. The molecule has 60 valence electrons. The van der Waals surface area contributed by atoms with Crippen LogP contribution >= 0.6 is 11.8 Å². The Balaban J connectivity index is 3.05. The van der Waals surface area contributed by atoms with Gasteiger partial charge in [-0.15, -0.1) is 0 Å². The lowest BCUT2D eigenvalue weighted by atomic mass is 10.1. The number of thioether (sulfide) groups is 1. The maximum atomic E-state index is 10.9. The Kier molecular flexibility index (Phi) is 7.15. The molecule has 0 fully saturated rings. The van der Waals surface area contributed by atoms with Crippen LogP contribution in [0.15, 0.2) is 0 Å². The van der Waals surface area contributed by atoms with Crippen molar-refractivity contribution in [1.29, 1.82) is 0 Å². The van der Waals surface area contributed by atoms with Crippen LogP contribution in [0.25, 0.3) is 0 Å². The normalized spacial score (nSPS) is 9.80. The fourth-order valence-corrected chi connectivity index (χ4v) is 1.25. The summed E-state index contributed by atoms with van der Waals surface area (Å²) in [5.74, 6) is 1.55. The molecule has 0 atom stereocenters. The van der Waals surface area contributed by atoms with Crippen LogP contribution in [0.4, 0.5) is 0 Å². The van der Waals surface area contributed by atoms with Crippen molar-refractivity contribution >= 4 is 17.5 Å². The number of ketones is 1. The van der Waals surface area contributed by atoms with Gasteiger partial charge in [-0.05, 0) is 24.9 Å². The predicted octanol–water partition coefficient (Wildman–Crippen LogP) is 2.50. The first kappa shape index (κ1) is 10.0. The average molecular weight is 160 g/mol. The first-order valence-electron chi connectivity index (χ1n) is 3.82. The van der Waals surface area contributed by atoms with Crippen molar-refractivity contribution in [2.24, 2.45) is 0 Å². The predicted molar refractivity (Wildman–Crippen MR) is 47.5 cm³/mol. The van der Waals surface area contributed by atoms with Crippen LogP contribution in [-0.4, -0.2) is 17.8 Å². The van der Waals surface area contributed by atoms with Crippen molar-refractivity contribution in [2.45, 2.75) is 32.6 Å². The van der Waals surface area contributed by atoms with E-state index >= 15 is 0 Å². The van der Waals surface area contributed by atoms with Gasteiger partial charge in [0.15, 0.2) is 0 Å². The van der Waals surface area contributed by atoms with Crippen LogP contribution in [0.1, 0.15) is 32.6 Å². The zero-order chi connectivity index (χ0) is 7.82. The number of Topliss-reactive ketones (excluding diaryl/α,β-unsaturated/α-hetero) is 1. The van der Waals surface area contributed by atoms with E-state index in [-0.39, 0.29) is 0 Å². The zero-order valence-electron chi connectivity index (χ0n) is 6.85. The lowest BCUT2D eigenvalue weighted by molar-refractivity contribution is -0.119. The molecule has 0 saturated carbocycles. The van der Waals surface area contributed by atoms with E-state index < -0.39 is 0 Å². The van der Waals surface area contributed by atoms with Gasteiger partial charge in [0.05, 0.1) is 0 Å². The molecule has 0 bridgehead atoms. The van der Waals surface area contributed by atoms with Gasteiger partial charge in [0, 0.05) is 12.8 Å².